The van der Waals surface area contributed by atoms with Crippen LogP contribution in [0.25, 0.3) is 86.2 Å². The molecule has 0 radical (unpaired) electrons. The summed E-state index contributed by atoms with van der Waals surface area (Å²) < 4.78 is 4.16. The normalized spacial score (nSPS) is 23.1. The lowest BCUT2D eigenvalue weighted by atomic mass is 9.80. The molecule has 3 aliphatic carbocycles. The fourth-order valence-corrected chi connectivity index (χ4v) is 16.2. The summed E-state index contributed by atoms with van der Waals surface area (Å²) >= 11 is 0. The van der Waals surface area contributed by atoms with E-state index in [2.05, 4.69) is 0 Å². The Hall–Kier alpha value is -9.32. The van der Waals surface area contributed by atoms with Gasteiger partial charge in [-0.1, -0.05) is 62.8 Å². The maximum Gasteiger partial charge on any atom is 0.261 e. The van der Waals surface area contributed by atoms with Crippen molar-refractivity contribution in [3.63, 3.8) is 0 Å². The average molecular weight is 1060 g/mol. The first-order valence-corrected chi connectivity index (χ1v) is 27.6. The number of aromatic nitrogens is 4. The van der Waals surface area contributed by atoms with Gasteiger partial charge in [-0.3, -0.25) is 85.6 Å². The third kappa shape index (κ3) is 5.30. The molecule has 392 valence electrons. The first-order chi connectivity index (χ1) is 38.7. The minimum atomic E-state index is -1.02. The molecule has 11 aromatic rings. The van der Waals surface area contributed by atoms with E-state index in [0.717, 1.165) is 18.3 Å². The monoisotopic (exact) mass is 1060 g/mol. The van der Waals surface area contributed by atoms with Crippen molar-refractivity contribution in [2.24, 2.45) is 0 Å². The summed E-state index contributed by atoms with van der Waals surface area (Å²) in [5, 5.41) is 3.83. The highest BCUT2D eigenvalue weighted by Gasteiger charge is 2.47. The molecular weight excluding hydrogens is 1020 g/mol. The molecule has 26 bridgehead atoms. The Morgan fingerprint density at radius 1 is 0.237 bits per heavy atom. The van der Waals surface area contributed by atoms with E-state index in [0.29, 0.717) is 81.6 Å². The van der Waals surface area contributed by atoms with Gasteiger partial charge in [-0.2, -0.15) is 0 Å². The van der Waals surface area contributed by atoms with Crippen LogP contribution in [0.2, 0.25) is 0 Å². The van der Waals surface area contributed by atoms with Gasteiger partial charge in [0.2, 0.25) is 0 Å². The first-order valence-electron chi connectivity index (χ1n) is 27.6. The molecule has 4 aromatic heterocycles. The number of amides is 4. The van der Waals surface area contributed by atoms with Gasteiger partial charge in [-0.15, -0.1) is 0 Å². The summed E-state index contributed by atoms with van der Waals surface area (Å²) in [5.41, 5.74) is -5.09. The number of benzene rings is 7. The number of hydrogen-bond acceptors (Lipinski definition) is 12. The van der Waals surface area contributed by atoms with Crippen molar-refractivity contribution in [3.05, 3.63) is 178 Å². The molecule has 3 saturated carbocycles. The van der Waals surface area contributed by atoms with Gasteiger partial charge in [0.1, 0.15) is 0 Å². The van der Waals surface area contributed by atoms with Crippen LogP contribution in [0.1, 0.15) is 143 Å². The molecule has 21 heterocycles. The van der Waals surface area contributed by atoms with Crippen LogP contribution in [0.4, 0.5) is 0 Å². The fourth-order valence-electron chi connectivity index (χ4n) is 16.2. The second-order valence-electron chi connectivity index (χ2n) is 23.2. The van der Waals surface area contributed by atoms with Crippen LogP contribution in [0.15, 0.2) is 111 Å². The minimum Gasteiger partial charge on any atom is -0.269 e. The summed E-state index contributed by atoms with van der Waals surface area (Å²) in [5.74, 6) is -2.39. The van der Waals surface area contributed by atoms with E-state index in [1.165, 1.54) is 34.1 Å². The van der Waals surface area contributed by atoms with E-state index in [1.807, 2.05) is 0 Å². The SMILES string of the molecule is O=C1c2ccc3c4ccc5c6c7ccc(c8ccc(c2c38)C(=O)N1C1CCCC[C@H]1n1c(=O)c2cc3c(=O)n(c(=O)c3cc2c1=O)C1CCCC[C@H]1n1c(=O)c2cc3c(=O)n(c(=O)c3cc2c1=O)[C@@H]1CCCC[C@H]1N(C5=O)C7=O)c64. The highest BCUT2D eigenvalue weighted by atomic mass is 16.2. The molecule has 20 aliphatic rings. The summed E-state index contributed by atoms with van der Waals surface area (Å²) in [6.07, 6.45) is 4.91. The fraction of sp³-hybridized carbons (Fsp3) is 0.290. The maximum atomic E-state index is 15.1. The Morgan fingerprint density at radius 3 is 0.662 bits per heavy atom. The van der Waals surface area contributed by atoms with Crippen molar-refractivity contribution in [2.45, 2.75) is 113 Å². The van der Waals surface area contributed by atoms with Gasteiger partial charge in [-0.25, -0.2) is 0 Å². The summed E-state index contributed by atoms with van der Waals surface area (Å²) in [7, 11) is 0. The molecule has 31 rings (SSSR count). The molecule has 0 N–H and O–H groups in total. The molecule has 17 aliphatic heterocycles. The minimum absolute atomic E-state index is 0.116. The summed E-state index contributed by atoms with van der Waals surface area (Å²) in [6, 6.07) is 13.1. The Balaban J connectivity index is 0.922. The second kappa shape index (κ2) is 15.3. The number of carbonyl (C=O) groups excluding carboxylic acids is 4. The second-order valence-corrected chi connectivity index (χ2v) is 23.2. The molecule has 6 atom stereocenters. The molecule has 0 spiro atoms. The van der Waals surface area contributed by atoms with Gasteiger partial charge < -0.3 is 0 Å². The van der Waals surface area contributed by atoms with Gasteiger partial charge in [0.25, 0.3) is 68.1 Å². The number of rotatable bonds is 0. The Kier molecular flexibility index (Phi) is 8.72. The van der Waals surface area contributed by atoms with Crippen LogP contribution in [0.5, 0.6) is 0 Å². The van der Waals surface area contributed by atoms with Crippen LogP contribution in [-0.4, -0.2) is 63.8 Å². The topological polar surface area (TPSA) is 231 Å². The third-order valence-electron chi connectivity index (χ3n) is 19.7. The van der Waals surface area contributed by atoms with E-state index < -0.39 is 104 Å². The molecule has 18 heteroatoms. The smallest absolute Gasteiger partial charge is 0.261 e. The van der Waals surface area contributed by atoms with Crippen molar-refractivity contribution >= 4 is 110 Å². The molecule has 7 aromatic carbocycles. The van der Waals surface area contributed by atoms with E-state index in [-0.39, 0.29) is 104 Å². The molecule has 3 fully saturated rings. The van der Waals surface area contributed by atoms with Gasteiger partial charge in [0.05, 0.1) is 79.3 Å². The molecule has 80 heavy (non-hydrogen) atoms. The lowest BCUT2D eigenvalue weighted by Crippen LogP contribution is -2.53. The van der Waals surface area contributed by atoms with Crippen LogP contribution in [0.3, 0.4) is 0 Å². The number of carbonyl (C=O) groups is 4. The van der Waals surface area contributed by atoms with Gasteiger partial charge in [0.15, 0.2) is 0 Å². The van der Waals surface area contributed by atoms with Crippen LogP contribution >= 0.6 is 0 Å². The van der Waals surface area contributed by atoms with E-state index in [9.17, 15) is 38.4 Å². The van der Waals surface area contributed by atoms with E-state index in [4.69, 9.17) is 0 Å². The van der Waals surface area contributed by atoms with Crippen molar-refractivity contribution in [1.82, 2.24) is 28.1 Å². The quantitative estimate of drug-likeness (QED) is 0.0910. The zero-order chi connectivity index (χ0) is 54.4. The first kappa shape index (κ1) is 45.7. The van der Waals surface area contributed by atoms with Gasteiger partial charge in [-0.05, 0) is 119 Å². The number of imide groups is 2. The molecule has 2 unspecified atom stereocenters. The van der Waals surface area contributed by atoms with Gasteiger partial charge in [0, 0.05) is 33.0 Å². The predicted molar refractivity (Wildman–Crippen MR) is 298 cm³/mol. The van der Waals surface area contributed by atoms with Crippen LogP contribution < -0.4 is 44.5 Å². The largest absolute Gasteiger partial charge is 0.269 e. The van der Waals surface area contributed by atoms with Crippen LogP contribution in [-0.2, 0) is 0 Å². The lowest BCUT2D eigenvalue weighted by Gasteiger charge is -2.41. The van der Waals surface area contributed by atoms with Crippen LogP contribution in [0, 0.1) is 0 Å². The zero-order valence-electron chi connectivity index (χ0n) is 42.5. The molecular formula is C62H42N6O12. The molecule has 4 amide bonds. The predicted octanol–water partition coefficient (Wildman–Crippen LogP) is 6.42. The maximum absolute atomic E-state index is 15.1. The number of nitrogens with zero attached hydrogens (tertiary/aromatic N) is 6. The Labute approximate surface area is 446 Å². The van der Waals surface area contributed by atoms with E-state index in [1.54, 1.807) is 48.5 Å². The van der Waals surface area contributed by atoms with Crippen molar-refractivity contribution in [2.75, 3.05) is 0 Å². The summed E-state index contributed by atoms with van der Waals surface area (Å²) in [4.78, 5) is 181. The molecule has 18 nitrogen and oxygen atoms in total. The average Bonchev–Trinajstić information content (AvgIpc) is 4.19. The standard InChI is InChI=1S/C62H42N6O12/c69-51-29-17-13-25-27-15-19-31-50-32-20-16-28(48(27)50)26-14-18-30(49(29)47(25)26)52(70)63(51)41-7-1-3-9-43(41)65-55(73)33-21-37-38(22-34(33)56(65)74)60(78)67(59(37)77)45-11-5-6-12-46(45)68-61(79)39-23-35-36(24-40(39)62(68)80)58(76)66(57(35)75)44-10-4-2-8-42(44)64(53(31)71)54(32)72/h13-24,41-46H,1-12H2/t41-,42?,43-,44-,45-,46?/m1/s1. The van der Waals surface area contributed by atoms with E-state index >= 15 is 19.2 Å². The van der Waals surface area contributed by atoms with Crippen molar-refractivity contribution in [1.29, 1.82) is 0 Å². The highest BCUT2D eigenvalue weighted by Crippen LogP contribution is 2.48. The lowest BCUT2D eigenvalue weighted by molar-refractivity contribution is 0.0418. The Bertz CT molecular complexity index is 4720. The molecule has 0 saturated heterocycles. The van der Waals surface area contributed by atoms with Crippen molar-refractivity contribution in [3.8, 4) is 0 Å². The highest BCUT2D eigenvalue weighted by molar-refractivity contribution is 6.41. The third-order valence-corrected chi connectivity index (χ3v) is 19.7. The van der Waals surface area contributed by atoms with Crippen molar-refractivity contribution < 1.29 is 19.2 Å². The zero-order valence-corrected chi connectivity index (χ0v) is 42.5. The number of hydrogen-bond donors (Lipinski definition) is 0. The summed E-state index contributed by atoms with van der Waals surface area (Å²) in [6.45, 7) is 0. The van der Waals surface area contributed by atoms with Gasteiger partial charge >= 0.3 is 0 Å². The Morgan fingerprint density at radius 2 is 0.438 bits per heavy atom.